The summed E-state index contributed by atoms with van der Waals surface area (Å²) in [5.41, 5.74) is 3.05. The van der Waals surface area contributed by atoms with Gasteiger partial charge in [0.2, 0.25) is 0 Å². The van der Waals surface area contributed by atoms with Crippen molar-refractivity contribution in [3.8, 4) is 5.75 Å². The Balaban J connectivity index is 0.822. The highest BCUT2D eigenvalue weighted by atomic mass is 16.6. The number of benzene rings is 4. The predicted octanol–water partition coefficient (Wildman–Crippen LogP) is 6.07. The first-order valence-corrected chi connectivity index (χ1v) is 22.2. The van der Waals surface area contributed by atoms with Gasteiger partial charge in [0.25, 0.3) is 0 Å². The van der Waals surface area contributed by atoms with E-state index in [9.17, 15) is 4.79 Å². The van der Waals surface area contributed by atoms with E-state index in [0.29, 0.717) is 170 Å². The minimum absolute atomic E-state index is 0.410. The van der Waals surface area contributed by atoms with Gasteiger partial charge in [0.1, 0.15) is 24.2 Å². The number of aldehydes is 1. The van der Waals surface area contributed by atoms with Gasteiger partial charge in [-0.05, 0) is 41.0 Å². The first kappa shape index (κ1) is 52.5. The standard InChI is InChI=1S/C50H68O14/c51-44-45-16-18-49(19-17-45)63-42-40-61-38-36-59-34-32-57-30-28-55-26-24-53-22-20-52-21-23-54-25-27-56-29-31-58-33-35-60-37-39-62-41-43-64-50(46-10-4-1-5-11-46,47-12-6-2-7-13-47)48-14-8-3-9-15-48/h1-19,44H,20-43H2. The molecule has 0 unspecified atom stereocenters. The number of rotatable bonds is 42. The lowest BCUT2D eigenvalue weighted by atomic mass is 9.80. The molecule has 0 aliphatic heterocycles. The second-order valence-electron chi connectivity index (χ2n) is 13.9. The van der Waals surface area contributed by atoms with Crippen molar-refractivity contribution in [1.82, 2.24) is 0 Å². The first-order chi connectivity index (χ1) is 31.8. The Morgan fingerprint density at radius 1 is 0.297 bits per heavy atom. The second-order valence-corrected chi connectivity index (χ2v) is 13.9. The molecular formula is C50H68O14. The molecule has 0 spiro atoms. The Hall–Kier alpha value is -4.13. The van der Waals surface area contributed by atoms with E-state index in [4.69, 9.17) is 61.6 Å². The average Bonchev–Trinajstić information content (AvgIpc) is 3.34. The van der Waals surface area contributed by atoms with Crippen LogP contribution in [0.5, 0.6) is 5.75 Å². The largest absolute Gasteiger partial charge is 0.491 e. The molecule has 4 aromatic carbocycles. The number of ether oxygens (including phenoxy) is 13. The van der Waals surface area contributed by atoms with Crippen molar-refractivity contribution in [1.29, 1.82) is 0 Å². The van der Waals surface area contributed by atoms with Crippen molar-refractivity contribution in [2.24, 2.45) is 0 Å². The molecule has 0 atom stereocenters. The molecule has 0 bridgehead atoms. The molecule has 0 saturated carbocycles. The van der Waals surface area contributed by atoms with Crippen LogP contribution in [0, 0.1) is 0 Å². The normalized spacial score (nSPS) is 11.6. The lowest BCUT2D eigenvalue weighted by Gasteiger charge is -2.36. The molecule has 0 radical (unpaired) electrons. The zero-order valence-electron chi connectivity index (χ0n) is 37.2. The van der Waals surface area contributed by atoms with Crippen molar-refractivity contribution in [2.45, 2.75) is 5.60 Å². The van der Waals surface area contributed by atoms with Crippen LogP contribution in [0.4, 0.5) is 0 Å². The zero-order chi connectivity index (χ0) is 44.7. The van der Waals surface area contributed by atoms with E-state index in [-0.39, 0.29) is 0 Å². The fraction of sp³-hybridized carbons (Fsp3) is 0.500. The molecule has 4 rings (SSSR count). The highest BCUT2D eigenvalue weighted by molar-refractivity contribution is 5.74. The summed E-state index contributed by atoms with van der Waals surface area (Å²) >= 11 is 0. The average molecular weight is 893 g/mol. The molecule has 0 N–H and O–H groups in total. The maximum absolute atomic E-state index is 10.7. The third kappa shape index (κ3) is 22.7. The van der Waals surface area contributed by atoms with Gasteiger partial charge in [0.15, 0.2) is 0 Å². The Bertz CT molecular complexity index is 1550. The number of carbonyl (C=O) groups excluding carboxylic acids is 1. The third-order valence-corrected chi connectivity index (χ3v) is 9.32. The van der Waals surface area contributed by atoms with Gasteiger partial charge in [0.05, 0.1) is 152 Å². The Kier molecular flexibility index (Phi) is 29.6. The van der Waals surface area contributed by atoms with E-state index < -0.39 is 5.60 Å². The van der Waals surface area contributed by atoms with Crippen LogP contribution in [0.15, 0.2) is 115 Å². The molecule has 352 valence electrons. The predicted molar refractivity (Wildman–Crippen MR) is 241 cm³/mol. The molecule has 0 aliphatic carbocycles. The minimum atomic E-state index is -0.758. The Morgan fingerprint density at radius 3 is 0.812 bits per heavy atom. The van der Waals surface area contributed by atoms with E-state index in [0.717, 1.165) is 23.0 Å². The topological polar surface area (TPSA) is 137 Å². The van der Waals surface area contributed by atoms with Crippen LogP contribution in [0.1, 0.15) is 27.0 Å². The Morgan fingerprint density at radius 2 is 0.547 bits per heavy atom. The summed E-state index contributed by atoms with van der Waals surface area (Å²) in [6.07, 6.45) is 0.798. The van der Waals surface area contributed by atoms with Gasteiger partial charge in [0, 0.05) is 5.56 Å². The van der Waals surface area contributed by atoms with E-state index in [2.05, 4.69) is 36.4 Å². The van der Waals surface area contributed by atoms with Crippen LogP contribution in [-0.4, -0.2) is 165 Å². The fourth-order valence-corrected chi connectivity index (χ4v) is 6.18. The summed E-state index contributed by atoms with van der Waals surface area (Å²) < 4.78 is 73.6. The number of hydrogen-bond donors (Lipinski definition) is 0. The van der Waals surface area contributed by atoms with Crippen LogP contribution in [0.3, 0.4) is 0 Å². The van der Waals surface area contributed by atoms with Crippen molar-refractivity contribution in [3.63, 3.8) is 0 Å². The van der Waals surface area contributed by atoms with E-state index in [1.54, 1.807) is 24.3 Å². The summed E-state index contributed by atoms with van der Waals surface area (Å²) in [4.78, 5) is 10.7. The molecule has 4 aromatic rings. The van der Waals surface area contributed by atoms with Gasteiger partial charge in [-0.15, -0.1) is 0 Å². The molecule has 14 heteroatoms. The van der Waals surface area contributed by atoms with Gasteiger partial charge in [-0.2, -0.15) is 0 Å². The molecule has 14 nitrogen and oxygen atoms in total. The van der Waals surface area contributed by atoms with Gasteiger partial charge in [-0.25, -0.2) is 0 Å². The minimum Gasteiger partial charge on any atom is -0.491 e. The fourth-order valence-electron chi connectivity index (χ4n) is 6.18. The van der Waals surface area contributed by atoms with Crippen LogP contribution >= 0.6 is 0 Å². The van der Waals surface area contributed by atoms with Crippen molar-refractivity contribution in [3.05, 3.63) is 138 Å². The van der Waals surface area contributed by atoms with Gasteiger partial charge >= 0.3 is 0 Å². The van der Waals surface area contributed by atoms with E-state index in [1.165, 1.54) is 0 Å². The van der Waals surface area contributed by atoms with Crippen LogP contribution in [0.25, 0.3) is 0 Å². The SMILES string of the molecule is O=Cc1ccc(OCCOCCOCCOCCOCCOCCOCCOCCOCCOCCOCCOCCOC(c2ccccc2)(c2ccccc2)c2ccccc2)cc1. The van der Waals surface area contributed by atoms with Gasteiger partial charge in [-0.1, -0.05) is 91.0 Å². The smallest absolute Gasteiger partial charge is 0.150 e. The maximum atomic E-state index is 10.7. The van der Waals surface area contributed by atoms with Crippen LogP contribution < -0.4 is 4.74 Å². The molecule has 0 fully saturated rings. The van der Waals surface area contributed by atoms with Crippen molar-refractivity contribution < 1.29 is 66.4 Å². The van der Waals surface area contributed by atoms with Crippen LogP contribution in [0.2, 0.25) is 0 Å². The first-order valence-electron chi connectivity index (χ1n) is 22.2. The molecule has 0 aromatic heterocycles. The highest BCUT2D eigenvalue weighted by Gasteiger charge is 2.37. The summed E-state index contributed by atoms with van der Waals surface area (Å²) in [7, 11) is 0. The summed E-state index contributed by atoms with van der Waals surface area (Å²) in [5, 5.41) is 0. The lowest BCUT2D eigenvalue weighted by molar-refractivity contribution is -0.0399. The van der Waals surface area contributed by atoms with Gasteiger partial charge < -0.3 is 61.6 Å². The van der Waals surface area contributed by atoms with Crippen molar-refractivity contribution >= 4 is 6.29 Å². The molecule has 64 heavy (non-hydrogen) atoms. The molecule has 0 aliphatic rings. The number of hydrogen-bond acceptors (Lipinski definition) is 14. The zero-order valence-corrected chi connectivity index (χ0v) is 37.2. The Labute approximate surface area is 379 Å². The third-order valence-electron chi connectivity index (χ3n) is 9.32. The summed E-state index contributed by atoms with van der Waals surface area (Å²) in [6.45, 7) is 11.4. The molecule has 0 saturated heterocycles. The molecule has 0 amide bonds. The highest BCUT2D eigenvalue weighted by Crippen LogP contribution is 2.40. The second kappa shape index (κ2) is 36.1. The maximum Gasteiger partial charge on any atom is 0.150 e. The van der Waals surface area contributed by atoms with Crippen LogP contribution in [-0.2, 0) is 62.4 Å². The van der Waals surface area contributed by atoms with Gasteiger partial charge in [-0.3, -0.25) is 4.79 Å². The quantitative estimate of drug-likeness (QED) is 0.0289. The summed E-state index contributed by atoms with van der Waals surface area (Å²) in [5.74, 6) is 0.701. The van der Waals surface area contributed by atoms with E-state index in [1.807, 2.05) is 54.6 Å². The molecular weight excluding hydrogens is 825 g/mol. The van der Waals surface area contributed by atoms with E-state index >= 15 is 0 Å². The number of carbonyl (C=O) groups is 1. The summed E-state index contributed by atoms with van der Waals surface area (Å²) in [6, 6.07) is 37.9. The lowest BCUT2D eigenvalue weighted by Crippen LogP contribution is -2.34. The van der Waals surface area contributed by atoms with Crippen molar-refractivity contribution in [2.75, 3.05) is 159 Å². The monoisotopic (exact) mass is 892 g/mol. The molecule has 0 heterocycles.